The van der Waals surface area contributed by atoms with Crippen LogP contribution in [0.5, 0.6) is 5.75 Å². The summed E-state index contributed by atoms with van der Waals surface area (Å²) in [7, 11) is 1.59. The minimum absolute atomic E-state index is 0. The zero-order chi connectivity index (χ0) is 27.6. The number of amides is 2. The van der Waals surface area contributed by atoms with Crippen LogP contribution in [0, 0.1) is 0 Å². The summed E-state index contributed by atoms with van der Waals surface area (Å²) in [5.41, 5.74) is 8.89. The van der Waals surface area contributed by atoms with Crippen LogP contribution in [-0.2, 0) is 38.6 Å². The van der Waals surface area contributed by atoms with Gasteiger partial charge in [-0.15, -0.1) is 12.4 Å². The highest BCUT2D eigenvalue weighted by atomic mass is 35.5. The summed E-state index contributed by atoms with van der Waals surface area (Å²) in [6.45, 7) is 0.561. The molecular formula is C31H36ClN3O5. The average Bonchev–Trinajstić information content (AvgIpc) is 3.47. The third kappa shape index (κ3) is 8.31. The van der Waals surface area contributed by atoms with E-state index in [0.29, 0.717) is 31.6 Å². The van der Waals surface area contributed by atoms with Crippen LogP contribution >= 0.6 is 12.4 Å². The first-order valence-electron chi connectivity index (χ1n) is 13.2. The fraction of sp³-hybridized carbons (Fsp3) is 0.323. The Labute approximate surface area is 241 Å². The van der Waals surface area contributed by atoms with Crippen LogP contribution < -0.4 is 15.8 Å². The lowest BCUT2D eigenvalue weighted by Crippen LogP contribution is -2.55. The van der Waals surface area contributed by atoms with Crippen LogP contribution in [0.25, 0.3) is 0 Å². The van der Waals surface area contributed by atoms with E-state index in [0.717, 1.165) is 16.7 Å². The molecule has 40 heavy (non-hydrogen) atoms. The Balaban J connectivity index is 0.00000441. The quantitative estimate of drug-likeness (QED) is 0.345. The topological polar surface area (TPSA) is 111 Å². The second-order valence-electron chi connectivity index (χ2n) is 9.69. The number of hydrogen-bond donors (Lipinski definition) is 2. The van der Waals surface area contributed by atoms with Gasteiger partial charge in [0.2, 0.25) is 11.8 Å². The van der Waals surface area contributed by atoms with E-state index < -0.39 is 30.0 Å². The Morgan fingerprint density at radius 3 is 2.12 bits per heavy atom. The largest absolute Gasteiger partial charge is 0.497 e. The van der Waals surface area contributed by atoms with Crippen molar-refractivity contribution < 1.29 is 23.9 Å². The lowest BCUT2D eigenvalue weighted by atomic mass is 10.0. The summed E-state index contributed by atoms with van der Waals surface area (Å²) in [4.78, 5) is 41.4. The first kappa shape index (κ1) is 30.7. The number of methoxy groups -OCH3 is 1. The molecular weight excluding hydrogens is 530 g/mol. The van der Waals surface area contributed by atoms with Crippen LogP contribution in [-0.4, -0.2) is 54.5 Å². The van der Waals surface area contributed by atoms with E-state index >= 15 is 0 Å². The molecule has 0 saturated carbocycles. The minimum atomic E-state index is -0.871. The van der Waals surface area contributed by atoms with Crippen molar-refractivity contribution in [1.29, 1.82) is 0 Å². The third-order valence-corrected chi connectivity index (χ3v) is 6.88. The normalized spacial score (nSPS) is 15.8. The fourth-order valence-corrected chi connectivity index (χ4v) is 4.74. The van der Waals surface area contributed by atoms with Gasteiger partial charge in [0, 0.05) is 13.0 Å². The molecule has 1 aliphatic rings. The highest BCUT2D eigenvalue weighted by Crippen LogP contribution is 2.21. The monoisotopic (exact) mass is 565 g/mol. The van der Waals surface area contributed by atoms with Crippen molar-refractivity contribution in [2.45, 2.75) is 50.4 Å². The van der Waals surface area contributed by atoms with Crippen molar-refractivity contribution in [3.8, 4) is 5.75 Å². The van der Waals surface area contributed by atoms with Crippen molar-refractivity contribution in [1.82, 2.24) is 10.2 Å². The third-order valence-electron chi connectivity index (χ3n) is 6.88. The molecule has 3 atom stereocenters. The molecule has 2 amide bonds. The molecule has 0 aromatic heterocycles. The maximum Gasteiger partial charge on any atom is 0.329 e. The zero-order valence-electron chi connectivity index (χ0n) is 22.5. The van der Waals surface area contributed by atoms with Gasteiger partial charge in [0.25, 0.3) is 0 Å². The average molecular weight is 566 g/mol. The molecule has 1 fully saturated rings. The van der Waals surface area contributed by atoms with E-state index in [1.807, 2.05) is 84.9 Å². The predicted octanol–water partition coefficient (Wildman–Crippen LogP) is 3.45. The van der Waals surface area contributed by atoms with Crippen LogP contribution in [0.1, 0.15) is 29.5 Å². The molecule has 3 aromatic rings. The summed E-state index contributed by atoms with van der Waals surface area (Å²) in [6, 6.07) is 23.8. The summed E-state index contributed by atoms with van der Waals surface area (Å²) in [6.07, 6.45) is 1.78. The van der Waals surface area contributed by atoms with Crippen molar-refractivity contribution in [2.75, 3.05) is 13.7 Å². The van der Waals surface area contributed by atoms with Crippen LogP contribution in [0.3, 0.4) is 0 Å². The number of benzene rings is 3. The Hall–Kier alpha value is -3.88. The smallest absolute Gasteiger partial charge is 0.329 e. The van der Waals surface area contributed by atoms with Crippen LogP contribution in [0.4, 0.5) is 0 Å². The number of carbonyl (C=O) groups is 3. The second kappa shape index (κ2) is 15.1. The number of nitrogens with two attached hydrogens (primary N) is 1. The number of ether oxygens (including phenoxy) is 2. The van der Waals surface area contributed by atoms with Gasteiger partial charge >= 0.3 is 5.97 Å². The Bertz CT molecular complexity index is 1240. The van der Waals surface area contributed by atoms with Gasteiger partial charge in [-0.25, -0.2) is 4.79 Å². The molecule has 0 bridgehead atoms. The number of rotatable bonds is 11. The molecule has 0 aliphatic carbocycles. The van der Waals surface area contributed by atoms with Gasteiger partial charge in [0.05, 0.1) is 13.2 Å². The highest BCUT2D eigenvalue weighted by molar-refractivity contribution is 5.92. The summed E-state index contributed by atoms with van der Waals surface area (Å²) < 4.78 is 10.7. The molecule has 0 unspecified atom stereocenters. The molecule has 8 nitrogen and oxygen atoms in total. The number of hydrogen-bond acceptors (Lipinski definition) is 6. The summed E-state index contributed by atoms with van der Waals surface area (Å²) in [5.74, 6) is -0.469. The molecule has 0 radical (unpaired) electrons. The van der Waals surface area contributed by atoms with Crippen LogP contribution in [0.2, 0.25) is 0 Å². The Morgan fingerprint density at radius 2 is 1.50 bits per heavy atom. The van der Waals surface area contributed by atoms with Gasteiger partial charge in [-0.1, -0.05) is 72.8 Å². The molecule has 4 rings (SSSR count). The molecule has 3 N–H and O–H groups in total. The van der Waals surface area contributed by atoms with Gasteiger partial charge in [0.15, 0.2) is 0 Å². The number of esters is 1. The number of carbonyl (C=O) groups excluding carboxylic acids is 3. The lowest BCUT2D eigenvalue weighted by Gasteiger charge is -2.29. The Kier molecular flexibility index (Phi) is 11.5. The summed E-state index contributed by atoms with van der Waals surface area (Å²) in [5, 5.41) is 2.87. The molecule has 9 heteroatoms. The van der Waals surface area contributed by atoms with Crippen molar-refractivity contribution in [3.63, 3.8) is 0 Å². The molecule has 0 spiro atoms. The second-order valence-corrected chi connectivity index (χ2v) is 9.69. The van der Waals surface area contributed by atoms with Gasteiger partial charge in [-0.3, -0.25) is 9.59 Å². The minimum Gasteiger partial charge on any atom is -0.497 e. The molecule has 1 heterocycles. The number of nitrogens with one attached hydrogen (secondary N) is 1. The van der Waals surface area contributed by atoms with Crippen molar-refractivity contribution in [2.24, 2.45) is 5.73 Å². The number of nitrogens with zero attached hydrogens (tertiary/aromatic N) is 1. The molecule has 3 aromatic carbocycles. The standard InChI is InChI=1S/C31H35N3O5.ClH/c1-38-25-16-14-23(15-17-25)19-26(32)29(35)33-27(20-22-9-4-2-5-10-22)30(36)34-18-8-13-28(34)31(37)39-21-24-11-6-3-7-12-24;/h2-7,9-12,14-17,26-28H,8,13,18-21,32H2,1H3,(H,33,35);1H/t26-,27+,28-;/m1./s1. The maximum absolute atomic E-state index is 13.8. The van der Waals surface area contributed by atoms with E-state index in [9.17, 15) is 14.4 Å². The SMILES string of the molecule is COc1ccc(C[C@@H](N)C(=O)N[C@@H](Cc2ccccc2)C(=O)N2CCC[C@@H]2C(=O)OCc2ccccc2)cc1.Cl. The van der Waals surface area contributed by atoms with Crippen LogP contribution in [0.15, 0.2) is 84.9 Å². The van der Waals surface area contributed by atoms with Gasteiger partial charge < -0.3 is 25.4 Å². The lowest BCUT2D eigenvalue weighted by molar-refractivity contribution is -0.155. The first-order valence-corrected chi connectivity index (χ1v) is 13.2. The first-order chi connectivity index (χ1) is 18.9. The predicted molar refractivity (Wildman–Crippen MR) is 155 cm³/mol. The van der Waals surface area contributed by atoms with E-state index in [1.54, 1.807) is 7.11 Å². The van der Waals surface area contributed by atoms with E-state index in [4.69, 9.17) is 15.2 Å². The van der Waals surface area contributed by atoms with Gasteiger partial charge in [-0.05, 0) is 48.1 Å². The van der Waals surface area contributed by atoms with Gasteiger partial charge in [-0.2, -0.15) is 0 Å². The van der Waals surface area contributed by atoms with E-state index in [2.05, 4.69) is 5.32 Å². The fourth-order valence-electron chi connectivity index (χ4n) is 4.74. The van der Waals surface area contributed by atoms with Crippen molar-refractivity contribution >= 4 is 30.2 Å². The molecule has 1 aliphatic heterocycles. The number of likely N-dealkylation sites (tertiary alicyclic amines) is 1. The molecule has 1 saturated heterocycles. The zero-order valence-corrected chi connectivity index (χ0v) is 23.3. The summed E-state index contributed by atoms with van der Waals surface area (Å²) >= 11 is 0. The van der Waals surface area contributed by atoms with E-state index in [-0.39, 0.29) is 31.3 Å². The van der Waals surface area contributed by atoms with Gasteiger partial charge in [0.1, 0.15) is 24.4 Å². The maximum atomic E-state index is 13.8. The highest BCUT2D eigenvalue weighted by Gasteiger charge is 2.39. The Morgan fingerprint density at radius 1 is 0.900 bits per heavy atom. The number of halogens is 1. The van der Waals surface area contributed by atoms with Crippen molar-refractivity contribution in [3.05, 3.63) is 102 Å². The molecule has 212 valence electrons. The van der Waals surface area contributed by atoms with E-state index in [1.165, 1.54) is 4.90 Å².